The number of benzene rings is 1. The molecule has 148 valence electrons. The van der Waals surface area contributed by atoms with E-state index in [1.165, 1.54) is 0 Å². The molecule has 0 saturated carbocycles. The Bertz CT molecular complexity index is 809. The standard InChI is InChI=1S/C21H25N3O3S/c1-22(2)17-11-9-16(10-12-17)7-6-8-18-20(26)24(21(27)28-18)15-19(25)23-13-4-3-5-14-23/h6-12H,3-5,13-15H2,1-2H3/b7-6+,18-8-. The smallest absolute Gasteiger partial charge is 0.294 e. The van der Waals surface area contributed by atoms with E-state index in [0.717, 1.165) is 47.2 Å². The van der Waals surface area contributed by atoms with Crippen LogP contribution in [0.5, 0.6) is 0 Å². The molecule has 0 atom stereocenters. The molecule has 2 heterocycles. The number of imide groups is 1. The van der Waals surface area contributed by atoms with Crippen molar-refractivity contribution in [3.8, 4) is 0 Å². The minimum absolute atomic E-state index is 0.153. The van der Waals surface area contributed by atoms with Crippen LogP contribution in [0.1, 0.15) is 24.8 Å². The fourth-order valence-electron chi connectivity index (χ4n) is 3.16. The van der Waals surface area contributed by atoms with Gasteiger partial charge in [0, 0.05) is 32.9 Å². The van der Waals surface area contributed by atoms with Crippen molar-refractivity contribution in [3.05, 3.63) is 46.9 Å². The molecular formula is C21H25N3O3S. The van der Waals surface area contributed by atoms with E-state index in [1.807, 2.05) is 49.3 Å². The van der Waals surface area contributed by atoms with E-state index in [2.05, 4.69) is 0 Å². The average molecular weight is 400 g/mol. The summed E-state index contributed by atoms with van der Waals surface area (Å²) in [6.45, 7) is 1.25. The summed E-state index contributed by atoms with van der Waals surface area (Å²) < 4.78 is 0. The Labute approximate surface area is 169 Å². The van der Waals surface area contributed by atoms with Gasteiger partial charge in [-0.3, -0.25) is 19.3 Å². The number of likely N-dealkylation sites (tertiary alicyclic amines) is 1. The molecule has 3 amide bonds. The quantitative estimate of drug-likeness (QED) is 0.711. The number of anilines is 1. The highest BCUT2D eigenvalue weighted by Crippen LogP contribution is 2.30. The van der Waals surface area contributed by atoms with E-state index < -0.39 is 5.91 Å². The van der Waals surface area contributed by atoms with E-state index in [0.29, 0.717) is 18.0 Å². The van der Waals surface area contributed by atoms with Crippen LogP contribution >= 0.6 is 11.8 Å². The molecule has 0 spiro atoms. The number of carbonyl (C=O) groups excluding carboxylic acids is 3. The molecule has 1 aromatic carbocycles. The number of carbonyl (C=O) groups is 3. The molecule has 2 fully saturated rings. The van der Waals surface area contributed by atoms with E-state index in [-0.39, 0.29) is 17.7 Å². The first-order valence-electron chi connectivity index (χ1n) is 9.43. The molecule has 0 aromatic heterocycles. The first-order valence-corrected chi connectivity index (χ1v) is 10.2. The van der Waals surface area contributed by atoms with Crippen LogP contribution in [0, 0.1) is 0 Å². The van der Waals surface area contributed by atoms with E-state index in [4.69, 9.17) is 0 Å². The third-order valence-corrected chi connectivity index (χ3v) is 5.75. The Hall–Kier alpha value is -2.54. The summed E-state index contributed by atoms with van der Waals surface area (Å²) in [4.78, 5) is 42.2. The van der Waals surface area contributed by atoms with Crippen LogP contribution in [-0.4, -0.2) is 60.6 Å². The lowest BCUT2D eigenvalue weighted by Gasteiger charge is -2.27. The number of hydrogen-bond acceptors (Lipinski definition) is 5. The maximum absolute atomic E-state index is 12.5. The highest BCUT2D eigenvalue weighted by Gasteiger charge is 2.36. The average Bonchev–Trinajstić information content (AvgIpc) is 2.96. The first kappa shape index (κ1) is 20.2. The molecule has 0 unspecified atom stereocenters. The second-order valence-corrected chi connectivity index (χ2v) is 8.07. The van der Waals surface area contributed by atoms with Crippen LogP contribution in [0.15, 0.2) is 41.3 Å². The van der Waals surface area contributed by atoms with Crippen LogP contribution < -0.4 is 4.90 Å². The summed E-state index contributed by atoms with van der Waals surface area (Å²) in [5.41, 5.74) is 2.11. The van der Waals surface area contributed by atoms with Crippen molar-refractivity contribution in [1.29, 1.82) is 0 Å². The lowest BCUT2D eigenvalue weighted by molar-refractivity contribution is -0.136. The van der Waals surface area contributed by atoms with Crippen molar-refractivity contribution in [2.75, 3.05) is 38.6 Å². The Morgan fingerprint density at radius 3 is 2.43 bits per heavy atom. The molecule has 2 aliphatic rings. The van der Waals surface area contributed by atoms with Crippen molar-refractivity contribution >= 4 is 40.6 Å². The SMILES string of the molecule is CN(C)c1ccc(/C=C/C=C2\SC(=O)N(CC(=O)N3CCCCC3)C2=O)cc1. The van der Waals surface area contributed by atoms with E-state index >= 15 is 0 Å². The molecule has 1 aromatic rings. The Morgan fingerprint density at radius 1 is 1.11 bits per heavy atom. The third kappa shape index (κ3) is 4.84. The van der Waals surface area contributed by atoms with Crippen molar-refractivity contribution in [1.82, 2.24) is 9.80 Å². The Kier molecular flexibility index (Phi) is 6.57. The second kappa shape index (κ2) is 9.10. The predicted octanol–water partition coefficient (Wildman–Crippen LogP) is 3.36. The van der Waals surface area contributed by atoms with Crippen LogP contribution in [0.3, 0.4) is 0 Å². The molecule has 3 rings (SSSR count). The predicted molar refractivity (Wildman–Crippen MR) is 113 cm³/mol. The summed E-state index contributed by atoms with van der Waals surface area (Å²) in [5.74, 6) is -0.548. The van der Waals surface area contributed by atoms with Gasteiger partial charge in [-0.15, -0.1) is 0 Å². The number of rotatable bonds is 5. The fraction of sp³-hybridized carbons (Fsp3) is 0.381. The lowest BCUT2D eigenvalue weighted by atomic mass is 10.1. The van der Waals surface area contributed by atoms with Gasteiger partial charge >= 0.3 is 0 Å². The zero-order valence-electron chi connectivity index (χ0n) is 16.3. The minimum Gasteiger partial charge on any atom is -0.378 e. The van der Waals surface area contributed by atoms with Crippen molar-refractivity contribution in [3.63, 3.8) is 0 Å². The molecule has 0 N–H and O–H groups in total. The van der Waals surface area contributed by atoms with Crippen molar-refractivity contribution < 1.29 is 14.4 Å². The zero-order valence-corrected chi connectivity index (χ0v) is 17.1. The molecule has 2 saturated heterocycles. The third-order valence-electron chi connectivity index (χ3n) is 4.82. The van der Waals surface area contributed by atoms with Gasteiger partial charge < -0.3 is 9.80 Å². The van der Waals surface area contributed by atoms with Gasteiger partial charge in [0.1, 0.15) is 6.54 Å². The van der Waals surface area contributed by atoms with E-state index in [1.54, 1.807) is 17.1 Å². The number of hydrogen-bond donors (Lipinski definition) is 0. The van der Waals surface area contributed by atoms with Gasteiger partial charge in [-0.25, -0.2) is 0 Å². The first-order chi connectivity index (χ1) is 13.5. The molecule has 28 heavy (non-hydrogen) atoms. The molecule has 0 radical (unpaired) electrons. The lowest BCUT2D eigenvalue weighted by Crippen LogP contribution is -2.44. The van der Waals surface area contributed by atoms with Crippen LogP contribution in [0.2, 0.25) is 0 Å². The van der Waals surface area contributed by atoms with E-state index in [9.17, 15) is 14.4 Å². The molecule has 0 aliphatic carbocycles. The van der Waals surface area contributed by atoms with Crippen LogP contribution in [-0.2, 0) is 9.59 Å². The topological polar surface area (TPSA) is 60.9 Å². The Morgan fingerprint density at radius 2 is 1.79 bits per heavy atom. The van der Waals surface area contributed by atoms with Gasteiger partial charge in [0.25, 0.3) is 11.1 Å². The van der Waals surface area contributed by atoms with Crippen LogP contribution in [0.25, 0.3) is 6.08 Å². The van der Waals surface area contributed by atoms with Gasteiger partial charge in [0.2, 0.25) is 5.91 Å². The number of piperidine rings is 1. The monoisotopic (exact) mass is 399 g/mol. The molecule has 2 aliphatic heterocycles. The maximum atomic E-state index is 12.5. The van der Waals surface area contributed by atoms with Gasteiger partial charge in [-0.2, -0.15) is 0 Å². The summed E-state index contributed by atoms with van der Waals surface area (Å²) in [6, 6.07) is 8.00. The minimum atomic E-state index is -0.395. The van der Waals surface area contributed by atoms with Gasteiger partial charge in [0.15, 0.2) is 0 Å². The molecule has 7 heteroatoms. The summed E-state index contributed by atoms with van der Waals surface area (Å²) >= 11 is 0.882. The number of allylic oxidation sites excluding steroid dienone is 2. The van der Waals surface area contributed by atoms with Gasteiger partial charge in [-0.05, 0) is 54.8 Å². The molecule has 6 nitrogen and oxygen atoms in total. The fourth-order valence-corrected chi connectivity index (χ4v) is 3.95. The van der Waals surface area contributed by atoms with Gasteiger partial charge in [-0.1, -0.05) is 24.3 Å². The Balaban J connectivity index is 1.61. The molecule has 0 bridgehead atoms. The normalized spacial score (nSPS) is 19.1. The highest BCUT2D eigenvalue weighted by atomic mass is 32.2. The highest BCUT2D eigenvalue weighted by molar-refractivity contribution is 8.18. The molecular weight excluding hydrogens is 374 g/mol. The van der Waals surface area contributed by atoms with Gasteiger partial charge in [0.05, 0.1) is 4.91 Å². The zero-order chi connectivity index (χ0) is 20.1. The number of thioether (sulfide) groups is 1. The van der Waals surface area contributed by atoms with Crippen molar-refractivity contribution in [2.45, 2.75) is 19.3 Å². The van der Waals surface area contributed by atoms with Crippen molar-refractivity contribution in [2.24, 2.45) is 0 Å². The largest absolute Gasteiger partial charge is 0.378 e. The summed E-state index contributed by atoms with van der Waals surface area (Å²) in [7, 11) is 3.97. The maximum Gasteiger partial charge on any atom is 0.294 e. The van der Waals surface area contributed by atoms with Crippen LogP contribution in [0.4, 0.5) is 10.5 Å². The summed E-state index contributed by atoms with van der Waals surface area (Å²) in [5, 5.41) is -0.384. The number of nitrogens with zero attached hydrogens (tertiary/aromatic N) is 3. The second-order valence-electron chi connectivity index (χ2n) is 7.08. The number of amides is 3. The summed E-state index contributed by atoms with van der Waals surface area (Å²) in [6.07, 6.45) is 8.36.